The van der Waals surface area contributed by atoms with E-state index in [9.17, 15) is 0 Å². The van der Waals surface area contributed by atoms with Gasteiger partial charge in [0.2, 0.25) is 0 Å². The van der Waals surface area contributed by atoms with Gasteiger partial charge in [-0.05, 0) is 12.8 Å². The van der Waals surface area contributed by atoms with E-state index >= 15 is 0 Å². The van der Waals surface area contributed by atoms with Gasteiger partial charge in [-0.15, -0.1) is 0 Å². The maximum atomic E-state index is 4.85. The molecule has 0 spiro atoms. The summed E-state index contributed by atoms with van der Waals surface area (Å²) in [4.78, 5) is 4.20. The first-order chi connectivity index (χ1) is 3.83. The molecule has 1 aliphatic rings. The van der Waals surface area contributed by atoms with Gasteiger partial charge >= 0.3 is 0 Å². The van der Waals surface area contributed by atoms with Gasteiger partial charge in [0.25, 0.3) is 0 Å². The molecule has 0 atom stereocenters. The monoisotopic (exact) mass is 113 g/mol. The third-order valence-corrected chi connectivity index (χ3v) is 1.21. The van der Waals surface area contributed by atoms with Gasteiger partial charge < -0.3 is 4.74 Å². The van der Waals surface area contributed by atoms with Crippen molar-refractivity contribution in [3.8, 4) is 0 Å². The molecule has 0 radical (unpaired) electrons. The Labute approximate surface area is 49.6 Å². The largest absolute Gasteiger partial charge is 0.484 e. The number of rotatable bonds is 1. The molecule has 0 aliphatic heterocycles. The summed E-state index contributed by atoms with van der Waals surface area (Å²) in [5.41, 5.74) is 0. The van der Waals surface area contributed by atoms with Crippen LogP contribution in [-0.4, -0.2) is 19.0 Å². The lowest BCUT2D eigenvalue weighted by molar-refractivity contribution is 0.397. The van der Waals surface area contributed by atoms with Crippen LogP contribution in [0.1, 0.15) is 19.8 Å². The second-order valence-corrected chi connectivity index (χ2v) is 2.08. The average molecular weight is 113 g/mol. The molecular weight excluding hydrogens is 102 g/mol. The summed E-state index contributed by atoms with van der Waals surface area (Å²) >= 11 is 0. The Balaban J connectivity index is 2.27. The van der Waals surface area contributed by atoms with Crippen molar-refractivity contribution in [3.05, 3.63) is 0 Å². The Bertz CT molecular complexity index is 105. The number of methoxy groups -OCH3 is 1. The zero-order valence-electron chi connectivity index (χ0n) is 5.35. The van der Waals surface area contributed by atoms with Crippen molar-refractivity contribution in [1.29, 1.82) is 0 Å². The first-order valence-corrected chi connectivity index (χ1v) is 2.91. The molecule has 46 valence electrons. The molecule has 1 rings (SSSR count). The lowest BCUT2D eigenvalue weighted by Crippen LogP contribution is -1.94. The van der Waals surface area contributed by atoms with Crippen LogP contribution in [0, 0.1) is 0 Å². The highest BCUT2D eigenvalue weighted by molar-refractivity contribution is 5.73. The van der Waals surface area contributed by atoms with Gasteiger partial charge in [-0.2, -0.15) is 0 Å². The molecule has 0 heterocycles. The van der Waals surface area contributed by atoms with E-state index in [1.165, 1.54) is 12.8 Å². The van der Waals surface area contributed by atoms with E-state index in [2.05, 4.69) is 4.99 Å². The third kappa shape index (κ3) is 1.52. The molecule has 2 nitrogen and oxygen atoms in total. The fourth-order valence-corrected chi connectivity index (χ4v) is 0.513. The van der Waals surface area contributed by atoms with Crippen LogP contribution < -0.4 is 0 Å². The second-order valence-electron chi connectivity index (χ2n) is 2.08. The van der Waals surface area contributed by atoms with E-state index in [0.29, 0.717) is 6.04 Å². The van der Waals surface area contributed by atoms with Crippen molar-refractivity contribution in [3.63, 3.8) is 0 Å². The molecule has 0 saturated heterocycles. The normalized spacial score (nSPS) is 21.0. The predicted molar refractivity (Wildman–Crippen MR) is 33.1 cm³/mol. The smallest absolute Gasteiger partial charge is 0.179 e. The first kappa shape index (κ1) is 5.60. The van der Waals surface area contributed by atoms with E-state index in [0.717, 1.165) is 5.90 Å². The molecule has 1 aliphatic carbocycles. The highest BCUT2D eigenvalue weighted by atomic mass is 16.5. The van der Waals surface area contributed by atoms with Gasteiger partial charge in [0.1, 0.15) is 0 Å². The maximum absolute atomic E-state index is 4.85. The summed E-state index contributed by atoms with van der Waals surface area (Å²) in [5, 5.41) is 0. The van der Waals surface area contributed by atoms with Crippen LogP contribution in [-0.2, 0) is 4.74 Å². The van der Waals surface area contributed by atoms with Crippen LogP contribution in [0.2, 0.25) is 0 Å². The lowest BCUT2D eigenvalue weighted by atomic mass is 10.7. The van der Waals surface area contributed by atoms with E-state index in [-0.39, 0.29) is 0 Å². The number of hydrogen-bond acceptors (Lipinski definition) is 2. The maximum Gasteiger partial charge on any atom is 0.179 e. The van der Waals surface area contributed by atoms with Crippen molar-refractivity contribution in [1.82, 2.24) is 0 Å². The highest BCUT2D eigenvalue weighted by Gasteiger charge is 2.20. The molecule has 0 aromatic carbocycles. The van der Waals surface area contributed by atoms with Crippen LogP contribution in [0.3, 0.4) is 0 Å². The number of hydrogen-bond donors (Lipinski definition) is 0. The van der Waals surface area contributed by atoms with E-state index in [1.807, 2.05) is 6.92 Å². The van der Waals surface area contributed by atoms with Crippen LogP contribution in [0.5, 0.6) is 0 Å². The van der Waals surface area contributed by atoms with Crippen molar-refractivity contribution in [2.45, 2.75) is 25.8 Å². The summed E-state index contributed by atoms with van der Waals surface area (Å²) in [5.74, 6) is 0.813. The van der Waals surface area contributed by atoms with Gasteiger partial charge in [0, 0.05) is 6.92 Å². The van der Waals surface area contributed by atoms with Crippen LogP contribution >= 0.6 is 0 Å². The zero-order valence-corrected chi connectivity index (χ0v) is 5.35. The van der Waals surface area contributed by atoms with Gasteiger partial charge in [0.05, 0.1) is 13.2 Å². The van der Waals surface area contributed by atoms with Crippen LogP contribution in [0.4, 0.5) is 0 Å². The molecule has 2 heteroatoms. The Hall–Kier alpha value is -0.530. The van der Waals surface area contributed by atoms with Gasteiger partial charge in [-0.25, -0.2) is 0 Å². The van der Waals surface area contributed by atoms with Crippen LogP contribution in [0.15, 0.2) is 4.99 Å². The van der Waals surface area contributed by atoms with Crippen molar-refractivity contribution in [2.75, 3.05) is 7.11 Å². The first-order valence-electron chi connectivity index (χ1n) is 2.91. The molecule has 0 amide bonds. The summed E-state index contributed by atoms with van der Waals surface area (Å²) < 4.78 is 4.85. The Morgan fingerprint density at radius 3 is 2.62 bits per heavy atom. The molecule has 0 unspecified atom stereocenters. The van der Waals surface area contributed by atoms with Gasteiger partial charge in [-0.3, -0.25) is 4.99 Å². The number of aliphatic imine (C=N–C) groups is 1. The van der Waals surface area contributed by atoms with E-state index < -0.39 is 0 Å². The summed E-state index contributed by atoms with van der Waals surface area (Å²) in [6.45, 7) is 1.89. The summed E-state index contributed by atoms with van der Waals surface area (Å²) in [7, 11) is 1.65. The van der Waals surface area contributed by atoms with Crippen LogP contribution in [0.25, 0.3) is 0 Å². The third-order valence-electron chi connectivity index (χ3n) is 1.21. The molecular formula is C6H11NO. The Kier molecular flexibility index (Phi) is 1.51. The Morgan fingerprint density at radius 2 is 2.25 bits per heavy atom. The fraction of sp³-hybridized carbons (Fsp3) is 0.833. The predicted octanol–water partition coefficient (Wildman–Crippen LogP) is 1.21. The number of nitrogens with zero attached hydrogens (tertiary/aromatic N) is 1. The fourth-order valence-electron chi connectivity index (χ4n) is 0.513. The summed E-state index contributed by atoms with van der Waals surface area (Å²) in [6, 6.07) is 0.593. The minimum absolute atomic E-state index is 0.593. The quantitative estimate of drug-likeness (QED) is 0.370. The standard InChI is InChI=1S/C6H11NO/c1-5(8-2)7-6-3-4-6/h6H,3-4H2,1-2H3. The Morgan fingerprint density at radius 1 is 1.62 bits per heavy atom. The molecule has 0 N–H and O–H groups in total. The van der Waals surface area contributed by atoms with Gasteiger partial charge in [-0.1, -0.05) is 0 Å². The molecule has 0 aromatic heterocycles. The lowest BCUT2D eigenvalue weighted by Gasteiger charge is -1.93. The SMILES string of the molecule is COC(C)=NC1CC1. The minimum Gasteiger partial charge on any atom is -0.484 e. The topological polar surface area (TPSA) is 21.6 Å². The minimum atomic E-state index is 0.593. The molecule has 0 bridgehead atoms. The zero-order chi connectivity index (χ0) is 5.98. The second kappa shape index (κ2) is 2.16. The van der Waals surface area contributed by atoms with Crippen molar-refractivity contribution in [2.24, 2.45) is 4.99 Å². The highest BCUT2D eigenvalue weighted by Crippen LogP contribution is 2.23. The molecule has 8 heavy (non-hydrogen) atoms. The number of ether oxygens (including phenoxy) is 1. The molecule has 1 fully saturated rings. The van der Waals surface area contributed by atoms with Crippen molar-refractivity contribution < 1.29 is 4.74 Å². The molecule has 1 saturated carbocycles. The van der Waals surface area contributed by atoms with E-state index in [4.69, 9.17) is 4.74 Å². The van der Waals surface area contributed by atoms with E-state index in [1.54, 1.807) is 7.11 Å². The average Bonchev–Trinajstić information content (AvgIpc) is 2.50. The van der Waals surface area contributed by atoms with Crippen molar-refractivity contribution >= 4 is 5.90 Å². The van der Waals surface area contributed by atoms with Gasteiger partial charge in [0.15, 0.2) is 5.90 Å². The summed E-state index contributed by atoms with van der Waals surface area (Å²) in [6.07, 6.45) is 2.50. The molecule has 0 aromatic rings.